The normalized spacial score (nSPS) is 11.1. The number of hydrogen-bond donors (Lipinski definition) is 2. The van der Waals surface area contributed by atoms with Gasteiger partial charge in [0.2, 0.25) is 5.88 Å². The summed E-state index contributed by atoms with van der Waals surface area (Å²) >= 11 is 0. The van der Waals surface area contributed by atoms with E-state index in [-0.39, 0.29) is 5.88 Å². The summed E-state index contributed by atoms with van der Waals surface area (Å²) < 4.78 is 5.24. The Kier molecular flexibility index (Phi) is 1.70. The van der Waals surface area contributed by atoms with Gasteiger partial charge in [0.25, 0.3) is 0 Å². The van der Waals surface area contributed by atoms with Crippen LogP contribution in [0.5, 0.6) is 5.88 Å². The highest BCUT2D eigenvalue weighted by molar-refractivity contribution is 5.94. The number of aromatic amines is 1. The maximum Gasteiger partial charge on any atom is 0.242 e. The Hall–Kier alpha value is -2.37. The van der Waals surface area contributed by atoms with Crippen molar-refractivity contribution in [2.45, 2.75) is 6.92 Å². The zero-order valence-corrected chi connectivity index (χ0v) is 8.43. The predicted molar refractivity (Wildman–Crippen MR) is 55.8 cm³/mol. The minimum Gasteiger partial charge on any atom is -0.492 e. The van der Waals surface area contributed by atoms with Crippen LogP contribution in [0.25, 0.3) is 22.4 Å². The van der Waals surface area contributed by atoms with E-state index in [1.54, 1.807) is 25.3 Å². The molecule has 0 aliphatic rings. The van der Waals surface area contributed by atoms with Crippen molar-refractivity contribution in [1.29, 1.82) is 0 Å². The summed E-state index contributed by atoms with van der Waals surface area (Å²) in [5.41, 5.74) is 1.84. The van der Waals surface area contributed by atoms with Gasteiger partial charge < -0.3 is 9.52 Å². The molecule has 0 atom stereocenters. The molecular formula is C10H8N4O2. The highest BCUT2D eigenvalue weighted by Crippen LogP contribution is 2.30. The topological polar surface area (TPSA) is 87.8 Å². The van der Waals surface area contributed by atoms with E-state index in [1.165, 1.54) is 0 Å². The number of hydrogen-bond acceptors (Lipinski definition) is 5. The van der Waals surface area contributed by atoms with Gasteiger partial charge in [-0.3, -0.25) is 5.10 Å². The number of H-pyrrole nitrogens is 1. The van der Waals surface area contributed by atoms with Gasteiger partial charge in [-0.1, -0.05) is 0 Å². The van der Waals surface area contributed by atoms with Gasteiger partial charge in [0.1, 0.15) is 5.52 Å². The number of aryl methyl sites for hydroxylation is 1. The smallest absolute Gasteiger partial charge is 0.242 e. The summed E-state index contributed by atoms with van der Waals surface area (Å²) in [6, 6.07) is 3.54. The summed E-state index contributed by atoms with van der Waals surface area (Å²) in [5, 5.41) is 24.6. The van der Waals surface area contributed by atoms with Crippen LogP contribution in [0.3, 0.4) is 0 Å². The fourth-order valence-electron chi connectivity index (χ4n) is 1.66. The minimum absolute atomic E-state index is 0.128. The van der Waals surface area contributed by atoms with Crippen molar-refractivity contribution < 1.29 is 9.52 Å². The van der Waals surface area contributed by atoms with E-state index >= 15 is 0 Å². The molecular weight excluding hydrogens is 208 g/mol. The van der Waals surface area contributed by atoms with Crippen LogP contribution in [0.15, 0.2) is 22.8 Å². The van der Waals surface area contributed by atoms with Crippen LogP contribution in [0, 0.1) is 6.92 Å². The first-order valence-electron chi connectivity index (χ1n) is 4.71. The molecule has 16 heavy (non-hydrogen) atoms. The lowest BCUT2D eigenvalue weighted by molar-refractivity contribution is 0.452. The Morgan fingerprint density at radius 1 is 1.38 bits per heavy atom. The molecule has 0 spiro atoms. The van der Waals surface area contributed by atoms with Gasteiger partial charge in [-0.15, -0.1) is 10.2 Å². The standard InChI is InChI=1S/C10H8N4O2/c1-5-7-9(13-11-5)8(12-14-10(7)15)6-3-2-4-16-6/h2-4H,1H3,(H,11,13)(H,14,15). The van der Waals surface area contributed by atoms with Crippen LogP contribution in [0.4, 0.5) is 0 Å². The predicted octanol–water partition coefficient (Wildman–Crippen LogP) is 1.63. The van der Waals surface area contributed by atoms with Crippen LogP contribution >= 0.6 is 0 Å². The lowest BCUT2D eigenvalue weighted by atomic mass is 10.2. The Morgan fingerprint density at radius 3 is 3.00 bits per heavy atom. The average Bonchev–Trinajstić information content (AvgIpc) is 2.89. The molecule has 3 aromatic heterocycles. The zero-order valence-electron chi connectivity index (χ0n) is 8.43. The highest BCUT2D eigenvalue weighted by atomic mass is 16.3. The van der Waals surface area contributed by atoms with Crippen molar-refractivity contribution in [2.75, 3.05) is 0 Å². The van der Waals surface area contributed by atoms with Gasteiger partial charge in [0.05, 0.1) is 17.3 Å². The van der Waals surface area contributed by atoms with Crippen molar-refractivity contribution in [2.24, 2.45) is 0 Å². The molecule has 0 aliphatic heterocycles. The number of fused-ring (bicyclic) bond motifs is 1. The molecule has 6 nitrogen and oxygen atoms in total. The van der Waals surface area contributed by atoms with Crippen molar-refractivity contribution in [3.63, 3.8) is 0 Å². The molecule has 0 amide bonds. The second-order valence-electron chi connectivity index (χ2n) is 3.41. The molecule has 0 aliphatic carbocycles. The monoisotopic (exact) mass is 216 g/mol. The first-order chi connectivity index (χ1) is 7.77. The number of nitrogens with one attached hydrogen (secondary N) is 1. The first-order valence-corrected chi connectivity index (χ1v) is 4.71. The quantitative estimate of drug-likeness (QED) is 0.645. The third-order valence-corrected chi connectivity index (χ3v) is 2.41. The summed E-state index contributed by atoms with van der Waals surface area (Å²) in [6.07, 6.45) is 1.55. The van der Waals surface area contributed by atoms with Crippen LogP contribution in [-0.4, -0.2) is 25.5 Å². The SMILES string of the molecule is Cc1n[nH]c2c(-c3ccco3)nnc(O)c12. The van der Waals surface area contributed by atoms with E-state index in [2.05, 4.69) is 20.4 Å². The van der Waals surface area contributed by atoms with E-state index in [9.17, 15) is 5.11 Å². The molecule has 3 rings (SSSR count). The molecule has 3 aromatic rings. The maximum absolute atomic E-state index is 9.60. The molecule has 0 unspecified atom stereocenters. The van der Waals surface area contributed by atoms with E-state index in [4.69, 9.17) is 4.42 Å². The molecule has 0 saturated carbocycles. The lowest BCUT2D eigenvalue weighted by Gasteiger charge is -1.98. The molecule has 6 heteroatoms. The second kappa shape index (κ2) is 3.06. The Labute approximate surface area is 89.9 Å². The van der Waals surface area contributed by atoms with E-state index in [0.717, 1.165) is 0 Å². The van der Waals surface area contributed by atoms with Crippen LogP contribution < -0.4 is 0 Å². The number of nitrogens with zero attached hydrogens (tertiary/aromatic N) is 3. The molecule has 0 saturated heterocycles. The minimum atomic E-state index is -0.128. The number of aromatic nitrogens is 4. The highest BCUT2D eigenvalue weighted by Gasteiger charge is 2.16. The van der Waals surface area contributed by atoms with Crippen molar-refractivity contribution in [1.82, 2.24) is 20.4 Å². The van der Waals surface area contributed by atoms with Crippen molar-refractivity contribution in [3.8, 4) is 17.3 Å². The van der Waals surface area contributed by atoms with Gasteiger partial charge in [0.15, 0.2) is 11.5 Å². The first kappa shape index (κ1) is 8.90. The fourth-order valence-corrected chi connectivity index (χ4v) is 1.66. The van der Waals surface area contributed by atoms with E-state index in [1.807, 2.05) is 0 Å². The van der Waals surface area contributed by atoms with E-state index < -0.39 is 0 Å². The van der Waals surface area contributed by atoms with Gasteiger partial charge in [-0.25, -0.2) is 0 Å². The van der Waals surface area contributed by atoms with Gasteiger partial charge in [0, 0.05) is 0 Å². The number of aromatic hydroxyl groups is 1. The summed E-state index contributed by atoms with van der Waals surface area (Å²) in [4.78, 5) is 0. The summed E-state index contributed by atoms with van der Waals surface area (Å²) in [5.74, 6) is 0.456. The Morgan fingerprint density at radius 2 is 2.25 bits per heavy atom. The van der Waals surface area contributed by atoms with Crippen molar-refractivity contribution in [3.05, 3.63) is 24.1 Å². The third-order valence-electron chi connectivity index (χ3n) is 2.41. The number of rotatable bonds is 1. The molecule has 0 aromatic carbocycles. The third kappa shape index (κ3) is 1.10. The van der Waals surface area contributed by atoms with Crippen LogP contribution in [-0.2, 0) is 0 Å². The van der Waals surface area contributed by atoms with Crippen molar-refractivity contribution >= 4 is 10.9 Å². The average molecular weight is 216 g/mol. The molecule has 0 radical (unpaired) electrons. The molecule has 2 N–H and O–H groups in total. The maximum atomic E-state index is 9.60. The van der Waals surface area contributed by atoms with Gasteiger partial charge in [-0.2, -0.15) is 5.10 Å². The molecule has 0 fully saturated rings. The van der Waals surface area contributed by atoms with Gasteiger partial charge >= 0.3 is 0 Å². The Balaban J connectivity index is 2.39. The molecule has 3 heterocycles. The van der Waals surface area contributed by atoms with Gasteiger partial charge in [-0.05, 0) is 19.1 Å². The molecule has 0 bridgehead atoms. The largest absolute Gasteiger partial charge is 0.492 e. The Bertz CT molecular complexity index is 642. The van der Waals surface area contributed by atoms with E-state index in [0.29, 0.717) is 28.1 Å². The lowest BCUT2D eigenvalue weighted by Crippen LogP contribution is -1.89. The van der Waals surface area contributed by atoms with Crippen LogP contribution in [0.1, 0.15) is 5.69 Å². The molecule has 80 valence electrons. The zero-order chi connectivity index (χ0) is 11.1. The summed E-state index contributed by atoms with van der Waals surface area (Å²) in [6.45, 7) is 1.78. The summed E-state index contributed by atoms with van der Waals surface area (Å²) in [7, 11) is 0. The van der Waals surface area contributed by atoms with Crippen LogP contribution in [0.2, 0.25) is 0 Å². The fraction of sp³-hybridized carbons (Fsp3) is 0.100. The second-order valence-corrected chi connectivity index (χ2v) is 3.41. The number of furan rings is 1.